The van der Waals surface area contributed by atoms with E-state index in [2.05, 4.69) is 27.7 Å². The van der Waals surface area contributed by atoms with Gasteiger partial charge in [-0.1, -0.05) is 0 Å². The lowest BCUT2D eigenvalue weighted by molar-refractivity contribution is -0.119. The Kier molecular flexibility index (Phi) is 3.85. The topological polar surface area (TPSA) is 64.2 Å². The molecule has 0 atom stereocenters. The van der Waals surface area contributed by atoms with E-state index in [-0.39, 0.29) is 12.5 Å². The molecule has 0 unspecified atom stereocenters. The molecule has 2 rings (SSSR count). The third-order valence-electron chi connectivity index (χ3n) is 2.55. The number of nitrogens with two attached hydrogens (primary N) is 1. The number of hydrogen-bond donors (Lipinski definition) is 1. The normalized spacial score (nSPS) is 10.3. The Morgan fingerprint density at radius 3 is 2.67 bits per heavy atom. The van der Waals surface area contributed by atoms with Crippen molar-refractivity contribution in [2.45, 2.75) is 6.54 Å². The molecule has 1 heterocycles. The van der Waals surface area contributed by atoms with E-state index in [9.17, 15) is 4.79 Å². The number of amides is 1. The van der Waals surface area contributed by atoms with Crippen LogP contribution in [0.15, 0.2) is 36.7 Å². The molecule has 94 valence electrons. The third kappa shape index (κ3) is 3.00. The molecule has 2 aromatic rings. The molecule has 0 radical (unpaired) electrons. The van der Waals surface area contributed by atoms with Gasteiger partial charge in [0.15, 0.2) is 0 Å². The zero-order valence-corrected chi connectivity index (χ0v) is 12.0. The molecular formula is C12H13IN4O. The van der Waals surface area contributed by atoms with Crippen molar-refractivity contribution in [3.8, 4) is 0 Å². The summed E-state index contributed by atoms with van der Waals surface area (Å²) in [5, 5.41) is 4.09. The first-order valence-corrected chi connectivity index (χ1v) is 6.44. The lowest BCUT2D eigenvalue weighted by Crippen LogP contribution is -2.30. The highest BCUT2D eigenvalue weighted by Crippen LogP contribution is 2.15. The van der Waals surface area contributed by atoms with Crippen LogP contribution in [0.25, 0.3) is 0 Å². The number of carbonyl (C=O) groups is 1. The van der Waals surface area contributed by atoms with E-state index in [1.165, 1.54) is 0 Å². The van der Waals surface area contributed by atoms with Gasteiger partial charge in [0.05, 0.1) is 9.77 Å². The first-order chi connectivity index (χ1) is 8.56. The highest BCUT2D eigenvalue weighted by molar-refractivity contribution is 14.1. The van der Waals surface area contributed by atoms with Gasteiger partial charge in [0.2, 0.25) is 5.91 Å². The summed E-state index contributed by atoms with van der Waals surface area (Å²) in [6, 6.07) is 7.19. The zero-order valence-electron chi connectivity index (χ0n) is 9.88. The van der Waals surface area contributed by atoms with Gasteiger partial charge in [-0.3, -0.25) is 9.48 Å². The predicted molar refractivity (Wildman–Crippen MR) is 79.2 cm³/mol. The molecule has 1 aromatic heterocycles. The van der Waals surface area contributed by atoms with Crippen molar-refractivity contribution < 1.29 is 4.79 Å². The Morgan fingerprint density at radius 2 is 2.11 bits per heavy atom. The summed E-state index contributed by atoms with van der Waals surface area (Å²) in [5.74, 6) is -0.0285. The van der Waals surface area contributed by atoms with Crippen LogP contribution in [0.5, 0.6) is 0 Å². The van der Waals surface area contributed by atoms with Crippen LogP contribution in [0.3, 0.4) is 0 Å². The smallest absolute Gasteiger partial charge is 0.248 e. The van der Waals surface area contributed by atoms with Gasteiger partial charge in [-0.2, -0.15) is 5.10 Å². The molecule has 1 aromatic carbocycles. The van der Waals surface area contributed by atoms with Crippen molar-refractivity contribution in [1.82, 2.24) is 9.78 Å². The molecule has 18 heavy (non-hydrogen) atoms. The van der Waals surface area contributed by atoms with Crippen LogP contribution in [-0.2, 0) is 11.3 Å². The third-order valence-corrected chi connectivity index (χ3v) is 3.11. The molecule has 2 N–H and O–H groups in total. The van der Waals surface area contributed by atoms with E-state index in [1.807, 2.05) is 18.3 Å². The molecule has 0 aliphatic heterocycles. The number of nitrogen functional groups attached to an aromatic ring is 1. The van der Waals surface area contributed by atoms with Gasteiger partial charge in [0, 0.05) is 24.6 Å². The Morgan fingerprint density at radius 1 is 1.44 bits per heavy atom. The quantitative estimate of drug-likeness (QED) is 0.673. The van der Waals surface area contributed by atoms with Crippen LogP contribution >= 0.6 is 22.6 Å². The number of benzene rings is 1. The fourth-order valence-corrected chi connectivity index (χ4v) is 1.96. The summed E-state index contributed by atoms with van der Waals surface area (Å²) < 4.78 is 2.63. The number of nitrogens with zero attached hydrogens (tertiary/aromatic N) is 3. The molecule has 0 fully saturated rings. The van der Waals surface area contributed by atoms with Crippen LogP contribution in [0.2, 0.25) is 0 Å². The largest absolute Gasteiger partial charge is 0.399 e. The van der Waals surface area contributed by atoms with Crippen LogP contribution in [0.1, 0.15) is 0 Å². The first-order valence-electron chi connectivity index (χ1n) is 5.36. The van der Waals surface area contributed by atoms with Crippen molar-refractivity contribution in [2.75, 3.05) is 17.7 Å². The van der Waals surface area contributed by atoms with Gasteiger partial charge in [-0.25, -0.2) is 0 Å². The van der Waals surface area contributed by atoms with E-state index in [0.29, 0.717) is 5.69 Å². The minimum absolute atomic E-state index is 0.0285. The number of aromatic nitrogens is 2. The summed E-state index contributed by atoms with van der Waals surface area (Å²) in [6.07, 6.45) is 3.55. The molecule has 0 saturated heterocycles. The predicted octanol–water partition coefficient (Wildman–Crippen LogP) is 1.73. The average molecular weight is 356 g/mol. The van der Waals surface area contributed by atoms with Gasteiger partial charge >= 0.3 is 0 Å². The summed E-state index contributed by atoms with van der Waals surface area (Å²) in [7, 11) is 1.74. The summed E-state index contributed by atoms with van der Waals surface area (Å²) in [6.45, 7) is 0.226. The fraction of sp³-hybridized carbons (Fsp3) is 0.167. The van der Waals surface area contributed by atoms with Crippen molar-refractivity contribution in [3.05, 3.63) is 40.2 Å². The number of anilines is 2. The van der Waals surface area contributed by atoms with Gasteiger partial charge in [0.25, 0.3) is 0 Å². The highest BCUT2D eigenvalue weighted by Gasteiger charge is 2.11. The SMILES string of the molecule is CN(C(=O)Cn1cc(I)cn1)c1ccc(N)cc1. The van der Waals surface area contributed by atoms with Gasteiger partial charge in [0.1, 0.15) is 6.54 Å². The Hall–Kier alpha value is -1.57. The summed E-state index contributed by atoms with van der Waals surface area (Å²) >= 11 is 2.16. The molecule has 5 nitrogen and oxygen atoms in total. The number of halogens is 1. The van der Waals surface area contributed by atoms with Crippen LogP contribution < -0.4 is 10.6 Å². The van der Waals surface area contributed by atoms with Gasteiger partial charge in [-0.05, 0) is 46.9 Å². The van der Waals surface area contributed by atoms with Crippen LogP contribution in [0.4, 0.5) is 11.4 Å². The second-order valence-electron chi connectivity index (χ2n) is 3.90. The van der Waals surface area contributed by atoms with Crippen molar-refractivity contribution in [2.24, 2.45) is 0 Å². The number of hydrogen-bond acceptors (Lipinski definition) is 3. The fourth-order valence-electron chi connectivity index (χ4n) is 1.51. The molecule has 0 spiro atoms. The molecule has 1 amide bonds. The number of carbonyl (C=O) groups excluding carboxylic acids is 1. The minimum atomic E-state index is -0.0285. The second-order valence-corrected chi connectivity index (χ2v) is 5.15. The monoisotopic (exact) mass is 356 g/mol. The maximum absolute atomic E-state index is 12.0. The lowest BCUT2D eigenvalue weighted by atomic mass is 10.2. The van der Waals surface area contributed by atoms with Crippen LogP contribution in [0, 0.1) is 3.57 Å². The zero-order chi connectivity index (χ0) is 13.1. The molecule has 0 saturated carbocycles. The molecule has 6 heteroatoms. The molecule has 0 aliphatic carbocycles. The van der Waals surface area contributed by atoms with E-state index >= 15 is 0 Å². The Labute approximate surface area is 119 Å². The van der Waals surface area contributed by atoms with E-state index < -0.39 is 0 Å². The van der Waals surface area contributed by atoms with Crippen molar-refractivity contribution in [3.63, 3.8) is 0 Å². The standard InChI is InChI=1S/C12H13IN4O/c1-16(11-4-2-10(14)3-5-11)12(18)8-17-7-9(13)6-15-17/h2-7H,8,14H2,1H3. The Balaban J connectivity index is 2.07. The van der Waals surface area contributed by atoms with Gasteiger partial charge in [-0.15, -0.1) is 0 Å². The lowest BCUT2D eigenvalue weighted by Gasteiger charge is -2.17. The molecule has 0 bridgehead atoms. The highest BCUT2D eigenvalue weighted by atomic mass is 127. The molecular weight excluding hydrogens is 343 g/mol. The minimum Gasteiger partial charge on any atom is -0.399 e. The second kappa shape index (κ2) is 5.38. The van der Waals surface area contributed by atoms with Crippen molar-refractivity contribution in [1.29, 1.82) is 0 Å². The number of likely N-dealkylation sites (N-methyl/N-ethyl adjacent to an activating group) is 1. The number of rotatable bonds is 3. The van der Waals surface area contributed by atoms with E-state index in [0.717, 1.165) is 9.26 Å². The first kappa shape index (κ1) is 12.9. The van der Waals surface area contributed by atoms with Gasteiger partial charge < -0.3 is 10.6 Å². The van der Waals surface area contributed by atoms with E-state index in [4.69, 9.17) is 5.73 Å². The van der Waals surface area contributed by atoms with E-state index in [1.54, 1.807) is 35.0 Å². The maximum atomic E-state index is 12.0. The van der Waals surface area contributed by atoms with Crippen LogP contribution in [-0.4, -0.2) is 22.7 Å². The average Bonchev–Trinajstić information content (AvgIpc) is 2.75. The Bertz CT molecular complexity index is 549. The summed E-state index contributed by atoms with van der Waals surface area (Å²) in [4.78, 5) is 13.6. The maximum Gasteiger partial charge on any atom is 0.248 e. The van der Waals surface area contributed by atoms with Crippen molar-refractivity contribution >= 4 is 39.9 Å². The molecule has 0 aliphatic rings. The summed E-state index contributed by atoms with van der Waals surface area (Å²) in [5.41, 5.74) is 7.11.